The number of nitrogens with zero attached hydrogens (tertiary/aromatic N) is 2. The van der Waals surface area contributed by atoms with Crippen LogP contribution in [0, 0.1) is 10.9 Å². The Balaban J connectivity index is 1.44. The number of thiazole rings is 1. The molecule has 0 aliphatic carbocycles. The average molecular weight is 426 g/mol. The Hall–Kier alpha value is -2.48. The number of carbonyl (C=O) groups is 1. The molecule has 1 aromatic heterocycles. The number of carbonyl (C=O) groups excluding carboxylic acids is 1. The molecular weight excluding hydrogens is 402 g/mol. The lowest BCUT2D eigenvalue weighted by molar-refractivity contribution is -0.116. The molecule has 1 saturated heterocycles. The number of ether oxygens (including phenoxy) is 1. The summed E-state index contributed by atoms with van der Waals surface area (Å²) < 4.78 is 7.98. The summed E-state index contributed by atoms with van der Waals surface area (Å²) in [6.45, 7) is 5.54. The van der Waals surface area contributed by atoms with E-state index in [4.69, 9.17) is 17.0 Å². The van der Waals surface area contributed by atoms with E-state index in [0.717, 1.165) is 48.9 Å². The summed E-state index contributed by atoms with van der Waals surface area (Å²) in [5.41, 5.74) is 5.16. The van der Waals surface area contributed by atoms with E-state index in [1.165, 1.54) is 16.9 Å². The summed E-state index contributed by atoms with van der Waals surface area (Å²) in [5.74, 6) is -0.0908. The van der Waals surface area contributed by atoms with Crippen LogP contribution in [-0.2, 0) is 16.1 Å². The van der Waals surface area contributed by atoms with Gasteiger partial charge >= 0.3 is 0 Å². The summed E-state index contributed by atoms with van der Waals surface area (Å²) in [7, 11) is 0. The molecular formula is C22H23N3O2S2. The molecule has 150 valence electrons. The van der Waals surface area contributed by atoms with Gasteiger partial charge in [-0.05, 0) is 49.0 Å². The van der Waals surface area contributed by atoms with Crippen LogP contribution in [0.15, 0.2) is 53.9 Å². The van der Waals surface area contributed by atoms with E-state index in [1.807, 2.05) is 34.2 Å². The van der Waals surface area contributed by atoms with Gasteiger partial charge in [0.15, 0.2) is 3.95 Å². The molecule has 3 aromatic rings. The van der Waals surface area contributed by atoms with Crippen LogP contribution in [-0.4, -0.2) is 36.8 Å². The van der Waals surface area contributed by atoms with Crippen LogP contribution in [0.3, 0.4) is 0 Å². The maximum atomic E-state index is 12.7. The van der Waals surface area contributed by atoms with E-state index in [-0.39, 0.29) is 12.5 Å². The predicted octanol–water partition coefficient (Wildman–Crippen LogP) is 4.73. The minimum absolute atomic E-state index is 0.0908. The SMILES string of the molecule is Cc1ccc(-c2csc(=S)n2CC(=O)Nc2ccc(N3CCOCC3)cc2)cc1. The third kappa shape index (κ3) is 4.75. The van der Waals surface area contributed by atoms with Gasteiger partial charge in [0, 0.05) is 29.8 Å². The Morgan fingerprint density at radius 2 is 1.79 bits per heavy atom. The van der Waals surface area contributed by atoms with Gasteiger partial charge in [-0.3, -0.25) is 4.79 Å². The van der Waals surface area contributed by atoms with Gasteiger partial charge in [0.25, 0.3) is 0 Å². The van der Waals surface area contributed by atoms with E-state index in [9.17, 15) is 4.79 Å². The zero-order valence-corrected chi connectivity index (χ0v) is 17.9. The topological polar surface area (TPSA) is 46.5 Å². The molecule has 7 heteroatoms. The van der Waals surface area contributed by atoms with Crippen molar-refractivity contribution in [2.45, 2.75) is 13.5 Å². The minimum Gasteiger partial charge on any atom is -0.378 e. The Morgan fingerprint density at radius 1 is 1.10 bits per heavy atom. The van der Waals surface area contributed by atoms with E-state index in [2.05, 4.69) is 41.4 Å². The summed E-state index contributed by atoms with van der Waals surface area (Å²) in [6.07, 6.45) is 0. The lowest BCUT2D eigenvalue weighted by Gasteiger charge is -2.28. The Bertz CT molecular complexity index is 1030. The van der Waals surface area contributed by atoms with Crippen molar-refractivity contribution >= 4 is 40.8 Å². The fourth-order valence-corrected chi connectivity index (χ4v) is 4.42. The summed E-state index contributed by atoms with van der Waals surface area (Å²) in [4.78, 5) is 14.9. The number of aryl methyl sites for hydroxylation is 1. The second-order valence-corrected chi connectivity index (χ2v) is 8.54. The number of benzene rings is 2. The molecule has 2 aromatic carbocycles. The summed E-state index contributed by atoms with van der Waals surface area (Å²) in [5, 5.41) is 4.99. The van der Waals surface area contributed by atoms with Crippen LogP contribution in [0.25, 0.3) is 11.3 Å². The van der Waals surface area contributed by atoms with Crippen molar-refractivity contribution in [1.82, 2.24) is 4.57 Å². The number of morpholine rings is 1. The van der Waals surface area contributed by atoms with Gasteiger partial charge in [0.2, 0.25) is 5.91 Å². The largest absolute Gasteiger partial charge is 0.378 e. The van der Waals surface area contributed by atoms with Gasteiger partial charge in [-0.2, -0.15) is 0 Å². The van der Waals surface area contributed by atoms with Crippen molar-refractivity contribution < 1.29 is 9.53 Å². The molecule has 29 heavy (non-hydrogen) atoms. The Labute approximate surface area is 179 Å². The number of anilines is 2. The van der Waals surface area contributed by atoms with Crippen molar-refractivity contribution in [2.75, 3.05) is 36.5 Å². The minimum atomic E-state index is -0.0908. The predicted molar refractivity (Wildman–Crippen MR) is 121 cm³/mol. The molecule has 1 aliphatic heterocycles. The third-order valence-corrected chi connectivity index (χ3v) is 6.23. The third-order valence-electron chi connectivity index (χ3n) is 4.96. The Morgan fingerprint density at radius 3 is 2.48 bits per heavy atom. The van der Waals surface area contributed by atoms with Gasteiger partial charge in [0.1, 0.15) is 6.54 Å². The lowest BCUT2D eigenvalue weighted by atomic mass is 10.1. The zero-order chi connectivity index (χ0) is 20.2. The van der Waals surface area contributed by atoms with Crippen LogP contribution < -0.4 is 10.2 Å². The summed E-state index contributed by atoms with van der Waals surface area (Å²) >= 11 is 6.93. The molecule has 0 radical (unpaired) electrons. The molecule has 1 N–H and O–H groups in total. The van der Waals surface area contributed by atoms with E-state index >= 15 is 0 Å². The first-order valence-electron chi connectivity index (χ1n) is 9.58. The van der Waals surface area contributed by atoms with Gasteiger partial charge < -0.3 is 19.5 Å². The molecule has 0 atom stereocenters. The smallest absolute Gasteiger partial charge is 0.244 e. The number of rotatable bonds is 5. The van der Waals surface area contributed by atoms with E-state index in [0.29, 0.717) is 3.95 Å². The average Bonchev–Trinajstić information content (AvgIpc) is 3.10. The van der Waals surface area contributed by atoms with Crippen LogP contribution in [0.2, 0.25) is 0 Å². The maximum absolute atomic E-state index is 12.7. The zero-order valence-electron chi connectivity index (χ0n) is 16.3. The van der Waals surface area contributed by atoms with Crippen LogP contribution >= 0.6 is 23.6 Å². The van der Waals surface area contributed by atoms with Crippen molar-refractivity contribution in [3.8, 4) is 11.3 Å². The van der Waals surface area contributed by atoms with Crippen molar-refractivity contribution in [1.29, 1.82) is 0 Å². The Kier molecular flexibility index (Phi) is 6.08. The second kappa shape index (κ2) is 8.90. The van der Waals surface area contributed by atoms with Crippen molar-refractivity contribution in [3.05, 3.63) is 63.4 Å². The first-order chi connectivity index (χ1) is 14.1. The highest BCUT2D eigenvalue weighted by Gasteiger charge is 2.13. The number of amides is 1. The fourth-order valence-electron chi connectivity index (χ4n) is 3.35. The molecule has 0 bridgehead atoms. The number of aromatic nitrogens is 1. The van der Waals surface area contributed by atoms with E-state index < -0.39 is 0 Å². The summed E-state index contributed by atoms with van der Waals surface area (Å²) in [6, 6.07) is 16.2. The highest BCUT2D eigenvalue weighted by atomic mass is 32.1. The standard InChI is InChI=1S/C22H23N3O2S2/c1-16-2-4-17(5-3-16)20-15-29-22(28)25(20)14-21(26)23-18-6-8-19(9-7-18)24-10-12-27-13-11-24/h2-9,15H,10-14H2,1H3,(H,23,26). The molecule has 2 heterocycles. The molecule has 0 spiro atoms. The van der Waals surface area contributed by atoms with Crippen LogP contribution in [0.4, 0.5) is 11.4 Å². The van der Waals surface area contributed by atoms with Gasteiger partial charge in [-0.1, -0.05) is 29.8 Å². The van der Waals surface area contributed by atoms with Crippen LogP contribution in [0.5, 0.6) is 0 Å². The molecule has 1 aliphatic rings. The number of hydrogen-bond acceptors (Lipinski definition) is 5. The lowest BCUT2D eigenvalue weighted by Crippen LogP contribution is -2.36. The molecule has 0 unspecified atom stereocenters. The molecule has 1 fully saturated rings. The molecule has 5 nitrogen and oxygen atoms in total. The normalized spacial score (nSPS) is 14.0. The molecule has 0 saturated carbocycles. The second-order valence-electron chi connectivity index (χ2n) is 7.03. The fraction of sp³-hybridized carbons (Fsp3) is 0.273. The highest BCUT2D eigenvalue weighted by Crippen LogP contribution is 2.25. The van der Waals surface area contributed by atoms with Crippen molar-refractivity contribution in [2.24, 2.45) is 0 Å². The maximum Gasteiger partial charge on any atom is 0.244 e. The van der Waals surface area contributed by atoms with Gasteiger partial charge in [-0.15, -0.1) is 11.3 Å². The monoisotopic (exact) mass is 425 g/mol. The van der Waals surface area contributed by atoms with Crippen molar-refractivity contribution in [3.63, 3.8) is 0 Å². The quantitative estimate of drug-likeness (QED) is 0.601. The first-order valence-corrected chi connectivity index (χ1v) is 10.9. The molecule has 4 rings (SSSR count). The first kappa shape index (κ1) is 19.8. The molecule has 1 amide bonds. The number of nitrogens with one attached hydrogen (secondary N) is 1. The highest BCUT2D eigenvalue weighted by molar-refractivity contribution is 7.73. The van der Waals surface area contributed by atoms with Gasteiger partial charge in [-0.25, -0.2) is 0 Å². The van der Waals surface area contributed by atoms with E-state index in [1.54, 1.807) is 0 Å². The number of hydrogen-bond donors (Lipinski definition) is 1. The van der Waals surface area contributed by atoms with Crippen LogP contribution in [0.1, 0.15) is 5.56 Å². The van der Waals surface area contributed by atoms with Gasteiger partial charge in [0.05, 0.1) is 18.9 Å².